The lowest BCUT2D eigenvalue weighted by atomic mass is 10.1. The molecule has 1 unspecified atom stereocenters. The van der Waals surface area contributed by atoms with E-state index in [0.717, 1.165) is 31.9 Å². The average Bonchev–Trinajstić information content (AvgIpc) is 2.99. The molecule has 0 spiro atoms. The van der Waals surface area contributed by atoms with Crippen molar-refractivity contribution >= 4 is 28.9 Å². The van der Waals surface area contributed by atoms with Gasteiger partial charge in [-0.1, -0.05) is 41.4 Å². The Kier molecular flexibility index (Phi) is 5.42. The quantitative estimate of drug-likeness (QED) is 0.799. The molecule has 2 aromatic rings. The molecule has 0 aliphatic carbocycles. The van der Waals surface area contributed by atoms with Gasteiger partial charge in [-0.05, 0) is 37.6 Å². The van der Waals surface area contributed by atoms with E-state index in [4.69, 9.17) is 23.2 Å². The van der Waals surface area contributed by atoms with Gasteiger partial charge in [-0.15, -0.1) is 0 Å². The Bertz CT molecular complexity index is 648. The second-order valence-electron chi connectivity index (χ2n) is 6.22. The van der Waals surface area contributed by atoms with Crippen LogP contribution in [-0.4, -0.2) is 36.6 Å². The van der Waals surface area contributed by atoms with Crippen LogP contribution in [-0.2, 0) is 6.54 Å². The minimum absolute atomic E-state index is 0.579. The lowest BCUT2D eigenvalue weighted by Crippen LogP contribution is -2.28. The number of hydrogen-bond acceptors (Lipinski definition) is 3. The predicted molar refractivity (Wildman–Crippen MR) is 97.4 cm³/mol. The zero-order valence-corrected chi connectivity index (χ0v) is 14.8. The summed E-state index contributed by atoms with van der Waals surface area (Å²) in [5.41, 5.74) is 2.21. The third-order valence-electron chi connectivity index (χ3n) is 4.28. The van der Waals surface area contributed by atoms with E-state index >= 15 is 0 Å². The molecule has 3 rings (SSSR count). The van der Waals surface area contributed by atoms with E-state index in [0.29, 0.717) is 16.0 Å². The molecule has 1 aromatic heterocycles. The van der Waals surface area contributed by atoms with E-state index in [1.807, 2.05) is 0 Å². The van der Waals surface area contributed by atoms with Gasteiger partial charge in [-0.2, -0.15) is 0 Å². The topological polar surface area (TPSA) is 19.4 Å². The van der Waals surface area contributed by atoms with Gasteiger partial charge in [-0.3, -0.25) is 4.98 Å². The first-order valence-corrected chi connectivity index (χ1v) is 8.66. The lowest BCUT2D eigenvalue weighted by Gasteiger charge is -2.22. The molecular weight excluding hydrogens is 329 g/mol. The van der Waals surface area contributed by atoms with Crippen molar-refractivity contribution in [3.05, 3.63) is 58.3 Å². The summed E-state index contributed by atoms with van der Waals surface area (Å²) < 4.78 is 0. The van der Waals surface area contributed by atoms with Crippen LogP contribution in [0.2, 0.25) is 10.0 Å². The van der Waals surface area contributed by atoms with Crippen LogP contribution in [0.15, 0.2) is 42.6 Å². The molecule has 1 saturated heterocycles. The van der Waals surface area contributed by atoms with Crippen molar-refractivity contribution in [1.29, 1.82) is 0 Å². The predicted octanol–water partition coefficient (Wildman–Crippen LogP) is 4.35. The highest BCUT2D eigenvalue weighted by molar-refractivity contribution is 6.34. The Hall–Kier alpha value is -1.29. The summed E-state index contributed by atoms with van der Waals surface area (Å²) in [4.78, 5) is 9.10. The van der Waals surface area contributed by atoms with E-state index in [2.05, 4.69) is 52.2 Å². The maximum absolute atomic E-state index is 6.21. The van der Waals surface area contributed by atoms with Gasteiger partial charge in [0.2, 0.25) is 0 Å². The van der Waals surface area contributed by atoms with E-state index in [-0.39, 0.29) is 0 Å². The summed E-state index contributed by atoms with van der Waals surface area (Å²) in [6.07, 6.45) is 2.88. The number of aromatic nitrogens is 1. The molecule has 0 N–H and O–H groups in total. The summed E-state index contributed by atoms with van der Waals surface area (Å²) in [5.74, 6) is 0.672. The van der Waals surface area contributed by atoms with Crippen LogP contribution < -0.4 is 4.90 Å². The first-order chi connectivity index (χ1) is 11.1. The molecule has 1 aliphatic heterocycles. The number of para-hydroxylation sites is 1. The molecule has 5 heteroatoms. The molecule has 1 aliphatic rings. The monoisotopic (exact) mass is 349 g/mol. The summed E-state index contributed by atoms with van der Waals surface area (Å²) in [6, 6.07) is 12.4. The third kappa shape index (κ3) is 4.37. The first-order valence-electron chi connectivity index (χ1n) is 7.90. The Labute approximate surface area is 147 Å². The number of rotatable bonds is 5. The maximum Gasteiger partial charge on any atom is 0.0730 e. The standard InChI is InChI=1S/C18H21Cl2N3/c1-22(13-18-17(20)9-15(19)10-21-18)11-14-7-8-23(12-14)16-5-3-2-4-6-16/h2-6,9-10,14H,7-8,11-13H2,1H3. The van der Waals surface area contributed by atoms with Crippen LogP contribution in [0.1, 0.15) is 12.1 Å². The molecule has 1 fully saturated rings. The van der Waals surface area contributed by atoms with E-state index in [1.54, 1.807) is 12.3 Å². The van der Waals surface area contributed by atoms with Crippen molar-refractivity contribution in [1.82, 2.24) is 9.88 Å². The van der Waals surface area contributed by atoms with Gasteiger partial charge in [-0.25, -0.2) is 0 Å². The second-order valence-corrected chi connectivity index (χ2v) is 7.06. The van der Waals surface area contributed by atoms with Crippen LogP contribution in [0.4, 0.5) is 5.69 Å². The van der Waals surface area contributed by atoms with Gasteiger partial charge < -0.3 is 9.80 Å². The number of hydrogen-bond donors (Lipinski definition) is 0. The second kappa shape index (κ2) is 7.52. The smallest absolute Gasteiger partial charge is 0.0730 e. The Morgan fingerprint density at radius 1 is 1.26 bits per heavy atom. The zero-order chi connectivity index (χ0) is 16.2. The fraction of sp³-hybridized carbons (Fsp3) is 0.389. The van der Waals surface area contributed by atoms with Gasteiger partial charge in [0.15, 0.2) is 0 Å². The van der Waals surface area contributed by atoms with Gasteiger partial charge >= 0.3 is 0 Å². The molecule has 1 atom stereocenters. The van der Waals surface area contributed by atoms with Gasteiger partial charge in [0, 0.05) is 38.1 Å². The molecular formula is C18H21Cl2N3. The van der Waals surface area contributed by atoms with Crippen molar-refractivity contribution in [2.75, 3.05) is 31.6 Å². The van der Waals surface area contributed by atoms with Crippen molar-refractivity contribution in [3.63, 3.8) is 0 Å². The Morgan fingerprint density at radius 3 is 2.78 bits per heavy atom. The number of anilines is 1. The fourth-order valence-corrected chi connectivity index (χ4v) is 3.62. The average molecular weight is 350 g/mol. The van der Waals surface area contributed by atoms with Crippen molar-refractivity contribution in [2.45, 2.75) is 13.0 Å². The van der Waals surface area contributed by atoms with Gasteiger partial charge in [0.25, 0.3) is 0 Å². The number of halogens is 2. The van der Waals surface area contributed by atoms with Crippen molar-refractivity contribution in [3.8, 4) is 0 Å². The van der Waals surface area contributed by atoms with Crippen molar-refractivity contribution in [2.24, 2.45) is 5.92 Å². The van der Waals surface area contributed by atoms with E-state index in [9.17, 15) is 0 Å². The SMILES string of the molecule is CN(Cc1ncc(Cl)cc1Cl)CC1CCN(c2ccccc2)C1. The highest BCUT2D eigenvalue weighted by Crippen LogP contribution is 2.25. The van der Waals surface area contributed by atoms with Gasteiger partial charge in [0.05, 0.1) is 15.7 Å². The molecule has 1 aromatic carbocycles. The maximum atomic E-state index is 6.21. The summed E-state index contributed by atoms with van der Waals surface area (Å²) in [6.45, 7) is 4.03. The van der Waals surface area contributed by atoms with Crippen LogP contribution in [0.25, 0.3) is 0 Å². The normalized spacial score (nSPS) is 17.9. The number of pyridine rings is 1. The Balaban J connectivity index is 1.54. The summed E-state index contributed by atoms with van der Waals surface area (Å²) in [7, 11) is 2.12. The van der Waals surface area contributed by atoms with E-state index < -0.39 is 0 Å². The van der Waals surface area contributed by atoms with Crippen molar-refractivity contribution < 1.29 is 0 Å². The molecule has 122 valence electrons. The third-order valence-corrected chi connectivity index (χ3v) is 4.81. The summed E-state index contributed by atoms with van der Waals surface area (Å²) >= 11 is 12.1. The molecule has 23 heavy (non-hydrogen) atoms. The minimum Gasteiger partial charge on any atom is -0.371 e. The Morgan fingerprint density at radius 2 is 2.04 bits per heavy atom. The fourth-order valence-electron chi connectivity index (χ4n) is 3.18. The highest BCUT2D eigenvalue weighted by atomic mass is 35.5. The molecule has 0 amide bonds. The van der Waals surface area contributed by atoms with Gasteiger partial charge in [0.1, 0.15) is 0 Å². The molecule has 3 nitrogen and oxygen atoms in total. The van der Waals surface area contributed by atoms with Crippen LogP contribution >= 0.6 is 23.2 Å². The van der Waals surface area contributed by atoms with E-state index in [1.165, 1.54) is 12.1 Å². The molecule has 0 radical (unpaired) electrons. The lowest BCUT2D eigenvalue weighted by molar-refractivity contribution is 0.276. The summed E-state index contributed by atoms with van der Waals surface area (Å²) in [5, 5.41) is 1.22. The number of nitrogens with zero attached hydrogens (tertiary/aromatic N) is 3. The van der Waals surface area contributed by atoms with Crippen LogP contribution in [0, 0.1) is 5.92 Å². The number of benzene rings is 1. The minimum atomic E-state index is 0.579. The molecule has 2 heterocycles. The first kappa shape index (κ1) is 16.6. The molecule has 0 bridgehead atoms. The van der Waals surface area contributed by atoms with Crippen LogP contribution in [0.3, 0.4) is 0 Å². The highest BCUT2D eigenvalue weighted by Gasteiger charge is 2.24. The largest absolute Gasteiger partial charge is 0.371 e. The van der Waals surface area contributed by atoms with Crippen LogP contribution in [0.5, 0.6) is 0 Å². The molecule has 0 saturated carbocycles. The zero-order valence-electron chi connectivity index (χ0n) is 13.3.